The first-order chi connectivity index (χ1) is 9.17. The molecule has 0 saturated carbocycles. The van der Waals surface area contributed by atoms with Gasteiger partial charge in [0.2, 0.25) is 0 Å². The molecule has 19 heavy (non-hydrogen) atoms. The summed E-state index contributed by atoms with van der Waals surface area (Å²) in [5.74, 6) is 0.695. The quantitative estimate of drug-likeness (QED) is 0.643. The van der Waals surface area contributed by atoms with Gasteiger partial charge in [0.25, 0.3) is 0 Å². The summed E-state index contributed by atoms with van der Waals surface area (Å²) in [4.78, 5) is 0. The smallest absolute Gasteiger partial charge is 0.160 e. The van der Waals surface area contributed by atoms with Crippen molar-refractivity contribution < 1.29 is 9.84 Å². The molecule has 3 heteroatoms. The monoisotopic (exact) mass is 265 g/mol. The van der Waals surface area contributed by atoms with E-state index in [1.165, 1.54) is 32.1 Å². The van der Waals surface area contributed by atoms with Crippen molar-refractivity contribution in [3.8, 4) is 11.5 Å². The third-order valence-electron chi connectivity index (χ3n) is 3.33. The maximum atomic E-state index is 9.71. The molecule has 1 rings (SSSR count). The number of phenols is 1. The highest BCUT2D eigenvalue weighted by Gasteiger charge is 2.05. The second-order valence-electron chi connectivity index (χ2n) is 5.13. The Morgan fingerprint density at radius 2 is 1.95 bits per heavy atom. The van der Waals surface area contributed by atoms with Crippen LogP contribution in [0.1, 0.15) is 52.4 Å². The fraction of sp³-hybridized carbons (Fsp3) is 0.625. The Kier molecular flexibility index (Phi) is 7.16. The number of benzene rings is 1. The van der Waals surface area contributed by atoms with E-state index in [9.17, 15) is 5.11 Å². The van der Waals surface area contributed by atoms with Gasteiger partial charge >= 0.3 is 0 Å². The van der Waals surface area contributed by atoms with Crippen LogP contribution in [-0.4, -0.2) is 18.3 Å². The Morgan fingerprint density at radius 3 is 2.58 bits per heavy atom. The first-order valence-electron chi connectivity index (χ1n) is 7.31. The van der Waals surface area contributed by atoms with Gasteiger partial charge in [-0.15, -0.1) is 0 Å². The molecule has 1 aromatic rings. The summed E-state index contributed by atoms with van der Waals surface area (Å²) < 4.78 is 5.03. The van der Waals surface area contributed by atoms with E-state index in [0.29, 0.717) is 11.8 Å². The Morgan fingerprint density at radius 1 is 1.21 bits per heavy atom. The van der Waals surface area contributed by atoms with Crippen molar-refractivity contribution in [1.29, 1.82) is 0 Å². The molecule has 1 aromatic carbocycles. The van der Waals surface area contributed by atoms with Crippen molar-refractivity contribution in [2.75, 3.05) is 12.4 Å². The molecule has 108 valence electrons. The number of hydrogen-bond donors (Lipinski definition) is 2. The SMILES string of the molecule is CCCCCCCC(C)Nc1ccc(OC)c(O)c1. The van der Waals surface area contributed by atoms with E-state index in [1.54, 1.807) is 19.2 Å². The first kappa shape index (κ1) is 15.7. The zero-order valence-corrected chi connectivity index (χ0v) is 12.4. The maximum absolute atomic E-state index is 9.71. The molecule has 0 aromatic heterocycles. The summed E-state index contributed by atoms with van der Waals surface area (Å²) in [6.07, 6.45) is 7.71. The Bertz CT molecular complexity index is 366. The second-order valence-corrected chi connectivity index (χ2v) is 5.13. The van der Waals surface area contributed by atoms with Gasteiger partial charge < -0.3 is 15.2 Å². The van der Waals surface area contributed by atoms with Crippen LogP contribution in [0, 0.1) is 0 Å². The number of nitrogens with one attached hydrogen (secondary N) is 1. The molecule has 0 fully saturated rings. The third-order valence-corrected chi connectivity index (χ3v) is 3.33. The summed E-state index contributed by atoms with van der Waals surface area (Å²) in [7, 11) is 1.56. The van der Waals surface area contributed by atoms with Crippen molar-refractivity contribution in [1.82, 2.24) is 0 Å². The maximum Gasteiger partial charge on any atom is 0.160 e. The van der Waals surface area contributed by atoms with E-state index in [1.807, 2.05) is 6.07 Å². The van der Waals surface area contributed by atoms with Crippen LogP contribution < -0.4 is 10.1 Å². The lowest BCUT2D eigenvalue weighted by Crippen LogP contribution is -2.14. The number of methoxy groups -OCH3 is 1. The summed E-state index contributed by atoms with van der Waals surface area (Å²) >= 11 is 0. The number of phenolic OH excluding ortho intramolecular Hbond substituents is 1. The highest BCUT2D eigenvalue weighted by atomic mass is 16.5. The van der Waals surface area contributed by atoms with Crippen LogP contribution in [0.25, 0.3) is 0 Å². The van der Waals surface area contributed by atoms with E-state index in [-0.39, 0.29) is 5.75 Å². The van der Waals surface area contributed by atoms with Crippen LogP contribution in [-0.2, 0) is 0 Å². The van der Waals surface area contributed by atoms with Crippen LogP contribution in [0.2, 0.25) is 0 Å². The van der Waals surface area contributed by atoms with Gasteiger partial charge in [0.1, 0.15) is 0 Å². The lowest BCUT2D eigenvalue weighted by molar-refractivity contribution is 0.373. The van der Waals surface area contributed by atoms with Crippen molar-refractivity contribution in [3.63, 3.8) is 0 Å². The standard InChI is InChI=1S/C16H27NO2/c1-4-5-6-7-8-9-13(2)17-14-10-11-16(19-3)15(18)12-14/h10-13,17-18H,4-9H2,1-3H3. The molecule has 0 aliphatic rings. The molecule has 0 amide bonds. The number of aromatic hydroxyl groups is 1. The molecule has 1 unspecified atom stereocenters. The van der Waals surface area contributed by atoms with Crippen LogP contribution in [0.5, 0.6) is 11.5 Å². The molecule has 0 heterocycles. The number of ether oxygens (including phenoxy) is 1. The minimum absolute atomic E-state index is 0.183. The average Bonchev–Trinajstić information content (AvgIpc) is 2.39. The zero-order valence-electron chi connectivity index (χ0n) is 12.4. The topological polar surface area (TPSA) is 41.5 Å². The lowest BCUT2D eigenvalue weighted by atomic mass is 10.1. The fourth-order valence-corrected chi connectivity index (χ4v) is 2.19. The summed E-state index contributed by atoms with van der Waals surface area (Å²) in [5, 5.41) is 13.1. The highest BCUT2D eigenvalue weighted by molar-refractivity contribution is 5.54. The van der Waals surface area contributed by atoms with Gasteiger partial charge in [-0.25, -0.2) is 0 Å². The van der Waals surface area contributed by atoms with Gasteiger partial charge in [-0.2, -0.15) is 0 Å². The minimum atomic E-state index is 0.183. The van der Waals surface area contributed by atoms with Crippen LogP contribution in [0.15, 0.2) is 18.2 Å². The van der Waals surface area contributed by atoms with Crippen molar-refractivity contribution >= 4 is 5.69 Å². The lowest BCUT2D eigenvalue weighted by Gasteiger charge is -2.16. The number of anilines is 1. The van der Waals surface area contributed by atoms with Crippen molar-refractivity contribution in [2.24, 2.45) is 0 Å². The highest BCUT2D eigenvalue weighted by Crippen LogP contribution is 2.29. The average molecular weight is 265 g/mol. The third kappa shape index (κ3) is 5.86. The zero-order chi connectivity index (χ0) is 14.1. The summed E-state index contributed by atoms with van der Waals surface area (Å²) in [6, 6.07) is 5.86. The number of hydrogen-bond acceptors (Lipinski definition) is 3. The number of unbranched alkanes of at least 4 members (excludes halogenated alkanes) is 4. The van der Waals surface area contributed by atoms with E-state index in [0.717, 1.165) is 12.1 Å². The molecule has 2 N–H and O–H groups in total. The van der Waals surface area contributed by atoms with Crippen LogP contribution >= 0.6 is 0 Å². The minimum Gasteiger partial charge on any atom is -0.504 e. The molecule has 3 nitrogen and oxygen atoms in total. The summed E-state index contributed by atoms with van der Waals surface area (Å²) in [5.41, 5.74) is 0.944. The summed E-state index contributed by atoms with van der Waals surface area (Å²) in [6.45, 7) is 4.42. The molecular formula is C16H27NO2. The Balaban J connectivity index is 2.31. The van der Waals surface area contributed by atoms with Crippen LogP contribution in [0.3, 0.4) is 0 Å². The molecule has 0 radical (unpaired) electrons. The van der Waals surface area contributed by atoms with Gasteiger partial charge in [-0.1, -0.05) is 39.0 Å². The number of rotatable bonds is 9. The van der Waals surface area contributed by atoms with Gasteiger partial charge in [0.15, 0.2) is 11.5 Å². The van der Waals surface area contributed by atoms with E-state index < -0.39 is 0 Å². The normalized spacial score (nSPS) is 12.2. The Labute approximate surface area is 117 Å². The largest absolute Gasteiger partial charge is 0.504 e. The molecular weight excluding hydrogens is 238 g/mol. The van der Waals surface area contributed by atoms with Gasteiger partial charge in [-0.05, 0) is 25.5 Å². The molecule has 1 atom stereocenters. The second kappa shape index (κ2) is 8.68. The van der Waals surface area contributed by atoms with Gasteiger partial charge in [0.05, 0.1) is 7.11 Å². The Hall–Kier alpha value is -1.38. The molecule has 0 spiro atoms. The molecule has 0 aliphatic carbocycles. The van der Waals surface area contributed by atoms with Crippen molar-refractivity contribution in [3.05, 3.63) is 18.2 Å². The van der Waals surface area contributed by atoms with Gasteiger partial charge in [0, 0.05) is 17.8 Å². The van der Waals surface area contributed by atoms with E-state index in [2.05, 4.69) is 19.2 Å². The first-order valence-corrected chi connectivity index (χ1v) is 7.31. The molecule has 0 saturated heterocycles. The van der Waals surface area contributed by atoms with Crippen molar-refractivity contribution in [2.45, 2.75) is 58.4 Å². The van der Waals surface area contributed by atoms with E-state index in [4.69, 9.17) is 4.74 Å². The van der Waals surface area contributed by atoms with Gasteiger partial charge in [-0.3, -0.25) is 0 Å². The molecule has 0 aliphatic heterocycles. The molecule has 0 bridgehead atoms. The fourth-order valence-electron chi connectivity index (χ4n) is 2.19. The van der Waals surface area contributed by atoms with Crippen LogP contribution in [0.4, 0.5) is 5.69 Å². The predicted molar refractivity (Wildman–Crippen MR) is 81.1 cm³/mol. The predicted octanol–water partition coefficient (Wildman–Crippen LogP) is 4.56. The van der Waals surface area contributed by atoms with E-state index >= 15 is 0 Å².